The minimum absolute atomic E-state index is 0.126. The molecule has 0 spiro atoms. The predicted molar refractivity (Wildman–Crippen MR) is 79.4 cm³/mol. The molecule has 19 heavy (non-hydrogen) atoms. The summed E-state index contributed by atoms with van der Waals surface area (Å²) in [6, 6.07) is 4.98. The smallest absolute Gasteiger partial charge is 0.226 e. The van der Waals surface area contributed by atoms with Crippen LogP contribution in [0.4, 0.5) is 11.4 Å². The molecule has 0 bridgehead atoms. The summed E-state index contributed by atoms with van der Waals surface area (Å²) >= 11 is 5.98. The predicted octanol–water partition coefficient (Wildman–Crippen LogP) is 3.46. The first kappa shape index (κ1) is 15.8. The fourth-order valence-electron chi connectivity index (χ4n) is 1.37. The van der Waals surface area contributed by atoms with E-state index in [9.17, 15) is 4.79 Å². The molecule has 1 aromatic carbocycles. The molecule has 0 atom stereocenters. The van der Waals surface area contributed by atoms with Crippen molar-refractivity contribution < 1.29 is 9.53 Å². The topological polar surface area (TPSA) is 64.3 Å². The normalized spacial score (nSPS) is 11.4. The van der Waals surface area contributed by atoms with Gasteiger partial charge in [-0.2, -0.15) is 0 Å². The van der Waals surface area contributed by atoms with Gasteiger partial charge in [0, 0.05) is 5.69 Å². The van der Waals surface area contributed by atoms with Crippen molar-refractivity contribution in [1.29, 1.82) is 0 Å². The minimum atomic E-state index is -0.195. The number of nitrogens with two attached hydrogens (primary N) is 1. The second kappa shape index (κ2) is 6.78. The van der Waals surface area contributed by atoms with E-state index in [1.54, 1.807) is 18.2 Å². The van der Waals surface area contributed by atoms with E-state index in [-0.39, 0.29) is 11.5 Å². The van der Waals surface area contributed by atoms with E-state index in [4.69, 9.17) is 22.1 Å². The molecule has 0 aliphatic carbocycles. The molecule has 5 heteroatoms. The summed E-state index contributed by atoms with van der Waals surface area (Å²) in [5.74, 6) is -0.126. The average Bonchev–Trinajstić information content (AvgIpc) is 2.32. The van der Waals surface area contributed by atoms with Gasteiger partial charge in [0.15, 0.2) is 0 Å². The van der Waals surface area contributed by atoms with Crippen molar-refractivity contribution in [2.45, 2.75) is 39.2 Å². The van der Waals surface area contributed by atoms with E-state index in [0.717, 1.165) is 6.42 Å². The molecule has 0 unspecified atom stereocenters. The number of halogens is 1. The molecule has 0 radical (unpaired) electrons. The maximum atomic E-state index is 11.7. The van der Waals surface area contributed by atoms with Crippen molar-refractivity contribution in [3.05, 3.63) is 23.2 Å². The van der Waals surface area contributed by atoms with E-state index < -0.39 is 0 Å². The molecule has 0 heterocycles. The van der Waals surface area contributed by atoms with E-state index in [1.165, 1.54) is 0 Å². The quantitative estimate of drug-likeness (QED) is 0.786. The highest BCUT2D eigenvalue weighted by molar-refractivity contribution is 6.34. The van der Waals surface area contributed by atoms with Crippen LogP contribution in [0.1, 0.15) is 33.6 Å². The molecular formula is C14H21ClN2O2. The van der Waals surface area contributed by atoms with Gasteiger partial charge in [-0.1, -0.05) is 18.5 Å². The number of hydrogen-bond donors (Lipinski definition) is 2. The maximum Gasteiger partial charge on any atom is 0.226 e. The number of carbonyl (C=O) groups is 1. The summed E-state index contributed by atoms with van der Waals surface area (Å²) in [5, 5.41) is 3.17. The van der Waals surface area contributed by atoms with Gasteiger partial charge in [0.1, 0.15) is 0 Å². The number of nitrogen functional groups attached to an aromatic ring is 1. The van der Waals surface area contributed by atoms with Crippen LogP contribution in [0.3, 0.4) is 0 Å². The van der Waals surface area contributed by atoms with Crippen LogP contribution in [0.5, 0.6) is 0 Å². The fraction of sp³-hybridized carbons (Fsp3) is 0.500. The molecule has 4 nitrogen and oxygen atoms in total. The van der Waals surface area contributed by atoms with E-state index >= 15 is 0 Å². The zero-order chi connectivity index (χ0) is 14.5. The zero-order valence-electron chi connectivity index (χ0n) is 11.6. The van der Waals surface area contributed by atoms with Gasteiger partial charge in [-0.15, -0.1) is 0 Å². The summed E-state index contributed by atoms with van der Waals surface area (Å²) in [6.45, 7) is 6.44. The molecule has 0 saturated heterocycles. The first-order valence-electron chi connectivity index (χ1n) is 6.33. The molecule has 0 aliphatic rings. The summed E-state index contributed by atoms with van der Waals surface area (Å²) in [4.78, 5) is 11.7. The van der Waals surface area contributed by atoms with Gasteiger partial charge in [-0.25, -0.2) is 0 Å². The van der Waals surface area contributed by atoms with Crippen LogP contribution in [-0.2, 0) is 9.53 Å². The van der Waals surface area contributed by atoms with Crippen molar-refractivity contribution in [1.82, 2.24) is 0 Å². The number of ether oxygens (including phenoxy) is 1. The third-order valence-corrected chi connectivity index (χ3v) is 3.25. The number of rotatable bonds is 6. The maximum absolute atomic E-state index is 11.7. The van der Waals surface area contributed by atoms with Crippen LogP contribution in [0.15, 0.2) is 18.2 Å². The second-order valence-electron chi connectivity index (χ2n) is 5.00. The zero-order valence-corrected chi connectivity index (χ0v) is 12.4. The average molecular weight is 285 g/mol. The van der Waals surface area contributed by atoms with Gasteiger partial charge in [0.05, 0.1) is 29.3 Å². The monoisotopic (exact) mass is 284 g/mol. The van der Waals surface area contributed by atoms with Crippen molar-refractivity contribution in [2.75, 3.05) is 17.7 Å². The van der Waals surface area contributed by atoms with E-state index in [2.05, 4.69) is 5.32 Å². The molecule has 1 aromatic rings. The van der Waals surface area contributed by atoms with Crippen molar-refractivity contribution >= 4 is 28.9 Å². The highest BCUT2D eigenvalue weighted by Gasteiger charge is 2.15. The van der Waals surface area contributed by atoms with Crippen molar-refractivity contribution in [3.8, 4) is 0 Å². The Morgan fingerprint density at radius 1 is 1.47 bits per heavy atom. The molecule has 1 amide bonds. The molecule has 0 fully saturated rings. The van der Waals surface area contributed by atoms with Crippen LogP contribution in [0.25, 0.3) is 0 Å². The lowest BCUT2D eigenvalue weighted by Crippen LogP contribution is -2.25. The van der Waals surface area contributed by atoms with Crippen molar-refractivity contribution in [2.24, 2.45) is 0 Å². The Hall–Kier alpha value is -1.26. The van der Waals surface area contributed by atoms with Crippen LogP contribution < -0.4 is 11.1 Å². The SMILES string of the molecule is CCC(C)(C)OCCC(=O)Nc1ccc(N)cc1Cl. The summed E-state index contributed by atoms with van der Waals surface area (Å²) < 4.78 is 5.62. The van der Waals surface area contributed by atoms with Gasteiger partial charge < -0.3 is 15.8 Å². The molecular weight excluding hydrogens is 264 g/mol. The summed E-state index contributed by atoms with van der Waals surface area (Å²) in [5.41, 5.74) is 6.52. The number of amides is 1. The van der Waals surface area contributed by atoms with Gasteiger partial charge in [-0.3, -0.25) is 4.79 Å². The highest BCUT2D eigenvalue weighted by Crippen LogP contribution is 2.24. The summed E-state index contributed by atoms with van der Waals surface area (Å²) in [6.07, 6.45) is 1.20. The van der Waals surface area contributed by atoms with Crippen LogP contribution in [0, 0.1) is 0 Å². The van der Waals surface area contributed by atoms with E-state index in [1.807, 2.05) is 20.8 Å². The van der Waals surface area contributed by atoms with Gasteiger partial charge in [0.2, 0.25) is 5.91 Å². The van der Waals surface area contributed by atoms with Crippen LogP contribution >= 0.6 is 11.6 Å². The Balaban J connectivity index is 2.43. The molecule has 106 valence electrons. The largest absolute Gasteiger partial charge is 0.399 e. The van der Waals surface area contributed by atoms with Crippen molar-refractivity contribution in [3.63, 3.8) is 0 Å². The molecule has 0 aromatic heterocycles. The first-order valence-corrected chi connectivity index (χ1v) is 6.70. The third kappa shape index (κ3) is 5.49. The molecule has 0 aliphatic heterocycles. The standard InChI is InChI=1S/C14H21ClN2O2/c1-4-14(2,3)19-8-7-13(18)17-12-6-5-10(16)9-11(12)15/h5-6,9H,4,7-8,16H2,1-3H3,(H,17,18). The lowest BCUT2D eigenvalue weighted by Gasteiger charge is -2.23. The Labute approximate surface area is 119 Å². The number of carbonyl (C=O) groups excluding carboxylic acids is 1. The Kier molecular flexibility index (Phi) is 5.63. The summed E-state index contributed by atoms with van der Waals surface area (Å²) in [7, 11) is 0. The van der Waals surface area contributed by atoms with Crippen LogP contribution in [-0.4, -0.2) is 18.1 Å². The molecule has 1 rings (SSSR count). The number of hydrogen-bond acceptors (Lipinski definition) is 3. The number of anilines is 2. The molecule has 0 saturated carbocycles. The lowest BCUT2D eigenvalue weighted by molar-refractivity contribution is -0.118. The van der Waals surface area contributed by atoms with Crippen LogP contribution in [0.2, 0.25) is 5.02 Å². The van der Waals surface area contributed by atoms with Gasteiger partial charge >= 0.3 is 0 Å². The molecule has 3 N–H and O–H groups in total. The lowest BCUT2D eigenvalue weighted by atomic mass is 10.1. The van der Waals surface area contributed by atoms with Gasteiger partial charge in [0.25, 0.3) is 0 Å². The number of nitrogens with one attached hydrogen (secondary N) is 1. The second-order valence-corrected chi connectivity index (χ2v) is 5.41. The Bertz CT molecular complexity index is 447. The first-order chi connectivity index (χ1) is 8.84. The number of benzene rings is 1. The fourth-order valence-corrected chi connectivity index (χ4v) is 1.60. The van der Waals surface area contributed by atoms with Gasteiger partial charge in [-0.05, 0) is 38.5 Å². The minimum Gasteiger partial charge on any atom is -0.399 e. The third-order valence-electron chi connectivity index (χ3n) is 2.94. The highest BCUT2D eigenvalue weighted by atomic mass is 35.5. The Morgan fingerprint density at radius 3 is 2.74 bits per heavy atom. The van der Waals surface area contributed by atoms with E-state index in [0.29, 0.717) is 29.4 Å². The Morgan fingerprint density at radius 2 is 2.16 bits per heavy atom.